The molecule has 5 nitrogen and oxygen atoms in total. The van der Waals surface area contributed by atoms with Crippen LogP contribution in [-0.2, 0) is 4.79 Å². The number of nitrogens with zero attached hydrogens (tertiary/aromatic N) is 3. The van der Waals surface area contributed by atoms with Crippen LogP contribution in [0.1, 0.15) is 25.3 Å². The average molecular weight is 243 g/mol. The van der Waals surface area contributed by atoms with Crippen molar-refractivity contribution in [3.8, 4) is 0 Å². The van der Waals surface area contributed by atoms with Gasteiger partial charge in [-0.1, -0.05) is 25.4 Å². The Morgan fingerprint density at radius 3 is 2.69 bits per heavy atom. The number of aromatic nitrogens is 2. The van der Waals surface area contributed by atoms with Gasteiger partial charge in [-0.2, -0.15) is 0 Å². The standard InChI is InChI=1S/C10H15ClN4O/c1-6(2)8-9(11)13-5-14-10(8)15(3)4-7(12)16/h5-6H,4H2,1-3H3,(H2,12,16). The van der Waals surface area contributed by atoms with Gasteiger partial charge in [-0.25, -0.2) is 9.97 Å². The highest BCUT2D eigenvalue weighted by atomic mass is 35.5. The lowest BCUT2D eigenvalue weighted by molar-refractivity contribution is -0.116. The van der Waals surface area contributed by atoms with Gasteiger partial charge >= 0.3 is 0 Å². The Morgan fingerprint density at radius 1 is 1.56 bits per heavy atom. The molecule has 1 aromatic rings. The highest BCUT2D eigenvalue weighted by molar-refractivity contribution is 6.30. The van der Waals surface area contributed by atoms with Crippen molar-refractivity contribution in [1.29, 1.82) is 0 Å². The van der Waals surface area contributed by atoms with Crippen molar-refractivity contribution in [3.63, 3.8) is 0 Å². The van der Waals surface area contributed by atoms with Gasteiger partial charge in [0.1, 0.15) is 17.3 Å². The van der Waals surface area contributed by atoms with E-state index in [2.05, 4.69) is 9.97 Å². The minimum absolute atomic E-state index is 0.104. The third kappa shape index (κ3) is 2.82. The molecule has 1 rings (SSSR count). The third-order valence-electron chi connectivity index (χ3n) is 2.15. The zero-order valence-corrected chi connectivity index (χ0v) is 10.3. The largest absolute Gasteiger partial charge is 0.368 e. The van der Waals surface area contributed by atoms with Gasteiger partial charge in [-0.3, -0.25) is 4.79 Å². The van der Waals surface area contributed by atoms with Crippen molar-refractivity contribution in [3.05, 3.63) is 17.0 Å². The zero-order chi connectivity index (χ0) is 12.3. The van der Waals surface area contributed by atoms with Crippen molar-refractivity contribution in [2.24, 2.45) is 5.73 Å². The fourth-order valence-corrected chi connectivity index (χ4v) is 1.82. The second kappa shape index (κ2) is 5.12. The van der Waals surface area contributed by atoms with Gasteiger partial charge in [0.15, 0.2) is 0 Å². The molecule has 1 amide bonds. The van der Waals surface area contributed by atoms with Crippen LogP contribution in [-0.4, -0.2) is 29.5 Å². The number of rotatable bonds is 4. The molecule has 0 saturated heterocycles. The number of hydrogen-bond acceptors (Lipinski definition) is 4. The van der Waals surface area contributed by atoms with Gasteiger partial charge < -0.3 is 10.6 Å². The molecular weight excluding hydrogens is 228 g/mol. The summed E-state index contributed by atoms with van der Waals surface area (Å²) in [6, 6.07) is 0. The molecule has 16 heavy (non-hydrogen) atoms. The van der Waals surface area contributed by atoms with Crippen LogP contribution in [0, 0.1) is 0 Å². The summed E-state index contributed by atoms with van der Waals surface area (Å²) in [7, 11) is 1.75. The summed E-state index contributed by atoms with van der Waals surface area (Å²) >= 11 is 6.01. The van der Waals surface area contributed by atoms with E-state index in [0.717, 1.165) is 5.56 Å². The van der Waals surface area contributed by atoms with E-state index in [4.69, 9.17) is 17.3 Å². The quantitative estimate of drug-likeness (QED) is 0.805. The molecule has 0 atom stereocenters. The van der Waals surface area contributed by atoms with Crippen molar-refractivity contribution < 1.29 is 4.79 Å². The number of anilines is 1. The molecule has 0 aromatic carbocycles. The first kappa shape index (κ1) is 12.7. The van der Waals surface area contributed by atoms with E-state index in [9.17, 15) is 4.79 Å². The highest BCUT2D eigenvalue weighted by Gasteiger charge is 2.17. The van der Waals surface area contributed by atoms with Gasteiger partial charge in [-0.15, -0.1) is 0 Å². The maximum Gasteiger partial charge on any atom is 0.236 e. The number of halogens is 1. The van der Waals surface area contributed by atoms with Crippen LogP contribution in [0.4, 0.5) is 5.82 Å². The molecule has 0 unspecified atom stereocenters. The van der Waals surface area contributed by atoms with E-state index in [1.165, 1.54) is 6.33 Å². The minimum atomic E-state index is -0.410. The van der Waals surface area contributed by atoms with E-state index in [1.807, 2.05) is 13.8 Å². The molecule has 0 aliphatic heterocycles. The van der Waals surface area contributed by atoms with Crippen LogP contribution in [0.5, 0.6) is 0 Å². The number of carbonyl (C=O) groups excluding carboxylic acids is 1. The van der Waals surface area contributed by atoms with Gasteiger partial charge in [0.2, 0.25) is 5.91 Å². The fourth-order valence-electron chi connectivity index (χ4n) is 1.47. The Labute approximate surface area is 99.6 Å². The van der Waals surface area contributed by atoms with Gasteiger partial charge in [0.25, 0.3) is 0 Å². The lowest BCUT2D eigenvalue weighted by Crippen LogP contribution is -2.32. The number of carbonyl (C=O) groups is 1. The summed E-state index contributed by atoms with van der Waals surface area (Å²) < 4.78 is 0. The number of nitrogens with two attached hydrogens (primary N) is 1. The maximum atomic E-state index is 10.9. The summed E-state index contributed by atoms with van der Waals surface area (Å²) in [6.07, 6.45) is 1.38. The van der Waals surface area contributed by atoms with Crippen LogP contribution in [0.25, 0.3) is 0 Å². The van der Waals surface area contributed by atoms with Crippen molar-refractivity contribution in [2.45, 2.75) is 19.8 Å². The molecule has 0 aliphatic rings. The Hall–Kier alpha value is -1.36. The van der Waals surface area contributed by atoms with E-state index < -0.39 is 5.91 Å². The van der Waals surface area contributed by atoms with Gasteiger partial charge in [0, 0.05) is 12.6 Å². The van der Waals surface area contributed by atoms with Crippen molar-refractivity contribution in [1.82, 2.24) is 9.97 Å². The summed E-state index contributed by atoms with van der Waals surface area (Å²) in [4.78, 5) is 20.6. The Bertz CT molecular complexity index is 394. The van der Waals surface area contributed by atoms with Crippen molar-refractivity contribution >= 4 is 23.3 Å². The summed E-state index contributed by atoms with van der Waals surface area (Å²) in [5, 5.41) is 0.413. The first-order valence-electron chi connectivity index (χ1n) is 4.93. The summed E-state index contributed by atoms with van der Waals surface area (Å²) in [6.45, 7) is 4.09. The number of likely N-dealkylation sites (N-methyl/N-ethyl adjacent to an activating group) is 1. The molecule has 0 bridgehead atoms. The minimum Gasteiger partial charge on any atom is -0.368 e. The second-order valence-corrected chi connectivity index (χ2v) is 4.24. The van der Waals surface area contributed by atoms with Crippen LogP contribution in [0.15, 0.2) is 6.33 Å². The molecule has 0 spiro atoms. The lowest BCUT2D eigenvalue weighted by atomic mass is 10.1. The average Bonchev–Trinajstić information content (AvgIpc) is 2.15. The predicted octanol–water partition coefficient (Wildman–Crippen LogP) is 1.17. The Morgan fingerprint density at radius 2 is 2.19 bits per heavy atom. The third-order valence-corrected chi connectivity index (χ3v) is 2.45. The van der Waals surface area contributed by atoms with Crippen LogP contribution in [0.2, 0.25) is 5.15 Å². The van der Waals surface area contributed by atoms with Gasteiger partial charge in [0.05, 0.1) is 6.54 Å². The number of amides is 1. The molecular formula is C10H15ClN4O. The zero-order valence-electron chi connectivity index (χ0n) is 9.57. The smallest absolute Gasteiger partial charge is 0.236 e. The van der Waals surface area contributed by atoms with Crippen molar-refractivity contribution in [2.75, 3.05) is 18.5 Å². The normalized spacial score (nSPS) is 10.6. The topological polar surface area (TPSA) is 72.1 Å². The molecule has 0 saturated carbocycles. The fraction of sp³-hybridized carbons (Fsp3) is 0.500. The van der Waals surface area contributed by atoms with Crippen LogP contribution < -0.4 is 10.6 Å². The molecule has 2 N–H and O–H groups in total. The highest BCUT2D eigenvalue weighted by Crippen LogP contribution is 2.29. The second-order valence-electron chi connectivity index (χ2n) is 3.88. The first-order valence-corrected chi connectivity index (χ1v) is 5.31. The maximum absolute atomic E-state index is 10.9. The van der Waals surface area contributed by atoms with E-state index >= 15 is 0 Å². The first-order chi connectivity index (χ1) is 7.43. The lowest BCUT2D eigenvalue weighted by Gasteiger charge is -2.21. The summed E-state index contributed by atoms with van der Waals surface area (Å²) in [5.74, 6) is 0.416. The molecule has 0 aliphatic carbocycles. The van der Waals surface area contributed by atoms with E-state index in [-0.39, 0.29) is 12.5 Å². The molecule has 1 heterocycles. The van der Waals surface area contributed by atoms with E-state index in [0.29, 0.717) is 11.0 Å². The Kier molecular flexibility index (Phi) is 4.06. The van der Waals surface area contributed by atoms with Gasteiger partial charge in [-0.05, 0) is 5.92 Å². The molecule has 0 fully saturated rings. The van der Waals surface area contributed by atoms with E-state index in [1.54, 1.807) is 11.9 Å². The summed E-state index contributed by atoms with van der Waals surface area (Å²) in [5.41, 5.74) is 5.96. The Balaban J connectivity index is 3.12. The monoisotopic (exact) mass is 242 g/mol. The van der Waals surface area contributed by atoms with Crippen LogP contribution >= 0.6 is 11.6 Å². The predicted molar refractivity (Wildman–Crippen MR) is 63.6 cm³/mol. The molecule has 1 aromatic heterocycles. The molecule has 88 valence electrons. The number of hydrogen-bond donors (Lipinski definition) is 1. The van der Waals surface area contributed by atoms with Crippen LogP contribution in [0.3, 0.4) is 0 Å². The molecule has 6 heteroatoms. The molecule has 0 radical (unpaired) electrons. The SMILES string of the molecule is CC(C)c1c(Cl)ncnc1N(C)CC(N)=O. The number of primary amides is 1.